The lowest BCUT2D eigenvalue weighted by molar-refractivity contribution is 0.604. The molecule has 0 radical (unpaired) electrons. The molecule has 0 heteroatoms. The van der Waals surface area contributed by atoms with Gasteiger partial charge in [-0.25, -0.2) is 0 Å². The summed E-state index contributed by atoms with van der Waals surface area (Å²) in [7, 11) is 0. The third-order valence-electron chi connectivity index (χ3n) is 3.63. The smallest absolute Gasteiger partial charge is 0.0216 e. The van der Waals surface area contributed by atoms with E-state index in [1.807, 2.05) is 0 Å². The zero-order valence-corrected chi connectivity index (χ0v) is 8.05. The lowest BCUT2D eigenvalue weighted by Crippen LogP contribution is -2.20. The van der Waals surface area contributed by atoms with Gasteiger partial charge in [0.05, 0.1) is 0 Å². The van der Waals surface area contributed by atoms with Crippen LogP contribution in [-0.4, -0.2) is 0 Å². The third-order valence-corrected chi connectivity index (χ3v) is 3.63. The Kier molecular flexibility index (Phi) is 1.68. The van der Waals surface area contributed by atoms with Crippen molar-refractivity contribution in [2.45, 2.75) is 38.5 Å². The Morgan fingerprint density at radius 2 is 1.08 bits per heavy atom. The lowest BCUT2D eigenvalue weighted by Gasteiger charge is -2.35. The molecule has 0 saturated carbocycles. The van der Waals surface area contributed by atoms with E-state index >= 15 is 0 Å². The monoisotopic (exact) mass is 172 g/mol. The fourth-order valence-corrected chi connectivity index (χ4v) is 3.08. The van der Waals surface area contributed by atoms with Gasteiger partial charge in [-0.05, 0) is 38.5 Å². The number of hydrogen-bond donors (Lipinski definition) is 0. The van der Waals surface area contributed by atoms with Crippen molar-refractivity contribution in [2.75, 3.05) is 0 Å². The molecule has 0 aromatic carbocycles. The van der Waals surface area contributed by atoms with Gasteiger partial charge >= 0.3 is 0 Å². The van der Waals surface area contributed by atoms with E-state index in [2.05, 4.69) is 18.2 Å². The highest BCUT2D eigenvalue weighted by atomic mass is 14.3. The van der Waals surface area contributed by atoms with Crippen LogP contribution in [0, 0.1) is 5.92 Å². The van der Waals surface area contributed by atoms with Crippen molar-refractivity contribution in [3.8, 4) is 0 Å². The summed E-state index contributed by atoms with van der Waals surface area (Å²) in [6, 6.07) is 0. The van der Waals surface area contributed by atoms with Gasteiger partial charge in [-0.2, -0.15) is 0 Å². The van der Waals surface area contributed by atoms with Gasteiger partial charge < -0.3 is 0 Å². The molecule has 0 N–H and O–H groups in total. The van der Waals surface area contributed by atoms with Crippen LogP contribution in [0.1, 0.15) is 38.5 Å². The van der Waals surface area contributed by atoms with E-state index in [9.17, 15) is 0 Å². The lowest BCUT2D eigenvalue weighted by atomic mass is 9.70. The van der Waals surface area contributed by atoms with Crippen molar-refractivity contribution in [3.05, 3.63) is 34.9 Å². The second-order valence-corrected chi connectivity index (χ2v) is 4.39. The van der Waals surface area contributed by atoms with Gasteiger partial charge in [0.2, 0.25) is 0 Å². The van der Waals surface area contributed by atoms with Crippen molar-refractivity contribution in [1.29, 1.82) is 0 Å². The van der Waals surface area contributed by atoms with Crippen LogP contribution >= 0.6 is 0 Å². The van der Waals surface area contributed by atoms with Gasteiger partial charge in [0, 0.05) is 5.92 Å². The molecular weight excluding hydrogens is 156 g/mol. The zero-order chi connectivity index (χ0) is 8.67. The molecule has 0 aliphatic heterocycles. The molecule has 0 aromatic heterocycles. The first-order chi connectivity index (χ1) is 6.45. The van der Waals surface area contributed by atoms with Crippen molar-refractivity contribution >= 4 is 0 Å². The Morgan fingerprint density at radius 3 is 1.46 bits per heavy atom. The summed E-state index contributed by atoms with van der Waals surface area (Å²) in [6.45, 7) is 0. The Morgan fingerprint density at radius 1 is 0.692 bits per heavy atom. The molecule has 13 heavy (non-hydrogen) atoms. The van der Waals surface area contributed by atoms with Crippen molar-refractivity contribution in [1.82, 2.24) is 0 Å². The normalized spacial score (nSPS) is 27.2. The van der Waals surface area contributed by atoms with E-state index in [0.29, 0.717) is 0 Å². The Hall–Kier alpha value is -0.780. The molecule has 3 rings (SSSR count). The summed E-state index contributed by atoms with van der Waals surface area (Å²) in [5.41, 5.74) is 5.19. The topological polar surface area (TPSA) is 0 Å². The second-order valence-electron chi connectivity index (χ2n) is 4.39. The summed E-state index contributed by atoms with van der Waals surface area (Å²) in [6.07, 6.45) is 15.4. The van der Waals surface area contributed by atoms with Crippen LogP contribution < -0.4 is 0 Å². The van der Waals surface area contributed by atoms with E-state index in [1.165, 1.54) is 38.5 Å². The fraction of sp³-hybridized carbons (Fsp3) is 0.538. The van der Waals surface area contributed by atoms with E-state index in [1.54, 1.807) is 16.7 Å². The largest absolute Gasteiger partial charge is 0.0841 e. The van der Waals surface area contributed by atoms with Gasteiger partial charge in [0.15, 0.2) is 0 Å². The van der Waals surface area contributed by atoms with Crippen LogP contribution in [0.15, 0.2) is 34.9 Å². The van der Waals surface area contributed by atoms with Gasteiger partial charge in [-0.3, -0.25) is 0 Å². The first-order valence-corrected chi connectivity index (χ1v) is 5.52. The van der Waals surface area contributed by atoms with Crippen LogP contribution in [0.5, 0.6) is 0 Å². The summed E-state index contributed by atoms with van der Waals surface area (Å²) < 4.78 is 0. The molecule has 0 amide bonds. The van der Waals surface area contributed by atoms with Crippen LogP contribution in [0.3, 0.4) is 0 Å². The molecule has 0 heterocycles. The SMILES string of the molecule is C1=C2CCC=C3CCC=C(CC1)C23. The highest BCUT2D eigenvalue weighted by molar-refractivity contribution is 5.40. The molecule has 0 aromatic rings. The molecule has 0 fully saturated rings. The third kappa shape index (κ3) is 1.12. The maximum absolute atomic E-state index is 2.50. The Bertz CT molecular complexity index is 263. The summed E-state index contributed by atoms with van der Waals surface area (Å²) in [5, 5.41) is 0. The number of hydrogen-bond acceptors (Lipinski definition) is 0. The van der Waals surface area contributed by atoms with Crippen LogP contribution in [-0.2, 0) is 0 Å². The minimum atomic E-state index is 0.774. The number of allylic oxidation sites excluding steroid dienone is 6. The quantitative estimate of drug-likeness (QED) is 0.488. The van der Waals surface area contributed by atoms with Crippen molar-refractivity contribution in [2.24, 2.45) is 5.92 Å². The second kappa shape index (κ2) is 2.87. The zero-order valence-electron chi connectivity index (χ0n) is 8.05. The molecule has 0 unspecified atom stereocenters. The first-order valence-electron chi connectivity index (χ1n) is 5.52. The minimum absolute atomic E-state index is 0.774. The average Bonchev–Trinajstić information content (AvgIpc) is 2.19. The number of rotatable bonds is 0. The van der Waals surface area contributed by atoms with Gasteiger partial charge in [0.25, 0.3) is 0 Å². The minimum Gasteiger partial charge on any atom is -0.0841 e. The molecular formula is C13H16. The summed E-state index contributed by atoms with van der Waals surface area (Å²) in [5.74, 6) is 0.774. The fourth-order valence-electron chi connectivity index (χ4n) is 3.08. The van der Waals surface area contributed by atoms with Crippen LogP contribution in [0.2, 0.25) is 0 Å². The van der Waals surface area contributed by atoms with E-state index in [0.717, 1.165) is 5.92 Å². The summed E-state index contributed by atoms with van der Waals surface area (Å²) in [4.78, 5) is 0. The van der Waals surface area contributed by atoms with E-state index in [-0.39, 0.29) is 0 Å². The molecule has 0 bridgehead atoms. The predicted molar refractivity (Wildman–Crippen MR) is 55.4 cm³/mol. The predicted octanol–water partition coefficient (Wildman–Crippen LogP) is 3.76. The summed E-state index contributed by atoms with van der Waals surface area (Å²) >= 11 is 0. The van der Waals surface area contributed by atoms with Crippen molar-refractivity contribution in [3.63, 3.8) is 0 Å². The molecule has 0 spiro atoms. The molecule has 0 atom stereocenters. The highest BCUT2D eigenvalue weighted by Crippen LogP contribution is 2.44. The van der Waals surface area contributed by atoms with Gasteiger partial charge in [0.1, 0.15) is 0 Å². The van der Waals surface area contributed by atoms with Gasteiger partial charge in [-0.15, -0.1) is 0 Å². The average molecular weight is 172 g/mol. The maximum Gasteiger partial charge on any atom is 0.0216 e. The van der Waals surface area contributed by atoms with Crippen LogP contribution in [0.25, 0.3) is 0 Å². The van der Waals surface area contributed by atoms with Crippen molar-refractivity contribution < 1.29 is 0 Å². The molecule has 0 saturated heterocycles. The Balaban J connectivity index is 2.09. The maximum atomic E-state index is 2.50. The molecule has 68 valence electrons. The van der Waals surface area contributed by atoms with E-state index < -0.39 is 0 Å². The van der Waals surface area contributed by atoms with Gasteiger partial charge in [-0.1, -0.05) is 34.9 Å². The van der Waals surface area contributed by atoms with Crippen LogP contribution in [0.4, 0.5) is 0 Å². The standard InChI is InChI=1S/C13H16/c1-4-10-6-2-8-12-9-3-7-11(5-1)13(10)12/h4,7-8,13H,1-3,5-6,9H2. The Labute approximate surface area is 80.0 Å². The molecule has 0 nitrogen and oxygen atoms in total. The molecule has 3 aliphatic carbocycles. The van der Waals surface area contributed by atoms with E-state index in [4.69, 9.17) is 0 Å². The first kappa shape index (κ1) is 7.61. The molecule has 3 aliphatic rings. The highest BCUT2D eigenvalue weighted by Gasteiger charge is 2.29.